The lowest BCUT2D eigenvalue weighted by atomic mass is 9.98. The van der Waals surface area contributed by atoms with Crippen LogP contribution in [0, 0.1) is 5.41 Å². The standard InChI is InChI=1S/C13H20O/c1-11(14-10-13(2,3)4)12-8-6-5-7-9-12/h5-9,11H,10H2,1-4H3. The number of ether oxygens (including phenoxy) is 1. The monoisotopic (exact) mass is 192 g/mol. The first kappa shape index (κ1) is 11.3. The van der Waals surface area contributed by atoms with Crippen LogP contribution in [0.4, 0.5) is 0 Å². The van der Waals surface area contributed by atoms with E-state index in [4.69, 9.17) is 4.74 Å². The maximum atomic E-state index is 5.79. The molecule has 0 fully saturated rings. The molecule has 1 unspecified atom stereocenters. The highest BCUT2D eigenvalue weighted by Crippen LogP contribution is 2.21. The minimum absolute atomic E-state index is 0.190. The Bertz CT molecular complexity index is 258. The quantitative estimate of drug-likeness (QED) is 0.707. The fourth-order valence-corrected chi connectivity index (χ4v) is 1.20. The molecule has 0 aromatic heterocycles. The summed E-state index contributed by atoms with van der Waals surface area (Å²) in [4.78, 5) is 0. The number of rotatable bonds is 3. The first-order valence-electron chi connectivity index (χ1n) is 5.15. The average Bonchev–Trinajstić information content (AvgIpc) is 2.14. The van der Waals surface area contributed by atoms with Crippen molar-refractivity contribution in [3.8, 4) is 0 Å². The van der Waals surface area contributed by atoms with Gasteiger partial charge in [-0.05, 0) is 17.9 Å². The predicted molar refractivity (Wildman–Crippen MR) is 60.3 cm³/mol. The van der Waals surface area contributed by atoms with E-state index in [1.165, 1.54) is 5.56 Å². The molecule has 1 rings (SSSR count). The van der Waals surface area contributed by atoms with Crippen molar-refractivity contribution in [3.05, 3.63) is 35.9 Å². The van der Waals surface area contributed by atoms with Gasteiger partial charge in [-0.25, -0.2) is 0 Å². The van der Waals surface area contributed by atoms with Crippen molar-refractivity contribution < 1.29 is 4.74 Å². The molecule has 0 N–H and O–H groups in total. The molecule has 14 heavy (non-hydrogen) atoms. The summed E-state index contributed by atoms with van der Waals surface area (Å²) in [5.41, 5.74) is 1.49. The minimum Gasteiger partial charge on any atom is -0.373 e. The summed E-state index contributed by atoms with van der Waals surface area (Å²) in [6.45, 7) is 9.45. The third-order valence-electron chi connectivity index (χ3n) is 2.04. The Morgan fingerprint density at radius 2 is 1.71 bits per heavy atom. The molecule has 0 saturated carbocycles. The van der Waals surface area contributed by atoms with Gasteiger partial charge in [-0.1, -0.05) is 51.1 Å². The van der Waals surface area contributed by atoms with Crippen molar-refractivity contribution in [1.29, 1.82) is 0 Å². The van der Waals surface area contributed by atoms with Gasteiger partial charge in [0.15, 0.2) is 0 Å². The highest BCUT2D eigenvalue weighted by Gasteiger charge is 2.13. The van der Waals surface area contributed by atoms with Gasteiger partial charge in [-0.3, -0.25) is 0 Å². The second-order valence-electron chi connectivity index (χ2n) is 4.92. The first-order valence-corrected chi connectivity index (χ1v) is 5.15. The van der Waals surface area contributed by atoms with Gasteiger partial charge >= 0.3 is 0 Å². The third kappa shape index (κ3) is 3.93. The number of hydrogen-bond acceptors (Lipinski definition) is 1. The number of hydrogen-bond donors (Lipinski definition) is 0. The van der Waals surface area contributed by atoms with E-state index in [0.717, 1.165) is 6.61 Å². The maximum absolute atomic E-state index is 5.79. The normalized spacial score (nSPS) is 14.0. The van der Waals surface area contributed by atoms with E-state index in [2.05, 4.69) is 39.8 Å². The zero-order chi connectivity index (χ0) is 10.6. The molecule has 1 atom stereocenters. The van der Waals surface area contributed by atoms with Crippen molar-refractivity contribution >= 4 is 0 Å². The van der Waals surface area contributed by atoms with Gasteiger partial charge in [0.05, 0.1) is 12.7 Å². The van der Waals surface area contributed by atoms with Gasteiger partial charge in [0.1, 0.15) is 0 Å². The predicted octanol–water partition coefficient (Wildman–Crippen LogP) is 3.81. The zero-order valence-electron chi connectivity index (χ0n) is 9.58. The molecule has 0 bridgehead atoms. The maximum Gasteiger partial charge on any atom is 0.0797 e. The summed E-state index contributed by atoms with van der Waals surface area (Å²) in [6, 6.07) is 10.3. The lowest BCUT2D eigenvalue weighted by Crippen LogP contribution is -2.16. The van der Waals surface area contributed by atoms with Crippen molar-refractivity contribution in [1.82, 2.24) is 0 Å². The fraction of sp³-hybridized carbons (Fsp3) is 0.538. The second-order valence-corrected chi connectivity index (χ2v) is 4.92. The van der Waals surface area contributed by atoms with Crippen LogP contribution in [0.3, 0.4) is 0 Å². The van der Waals surface area contributed by atoms with Gasteiger partial charge in [0.2, 0.25) is 0 Å². The topological polar surface area (TPSA) is 9.23 Å². The molecule has 0 aliphatic carbocycles. The molecule has 1 nitrogen and oxygen atoms in total. The van der Waals surface area contributed by atoms with Crippen LogP contribution in [0.2, 0.25) is 0 Å². The van der Waals surface area contributed by atoms with E-state index >= 15 is 0 Å². The minimum atomic E-state index is 0.190. The average molecular weight is 192 g/mol. The van der Waals surface area contributed by atoms with Crippen molar-refractivity contribution in [3.63, 3.8) is 0 Å². The summed E-state index contributed by atoms with van der Waals surface area (Å²) in [5, 5.41) is 0. The lowest BCUT2D eigenvalue weighted by Gasteiger charge is -2.22. The molecule has 0 spiro atoms. The Labute approximate surface area is 87.1 Å². The van der Waals surface area contributed by atoms with Crippen LogP contribution in [0.15, 0.2) is 30.3 Å². The molecular formula is C13H20O. The summed E-state index contributed by atoms with van der Waals surface area (Å²) < 4.78 is 5.79. The van der Waals surface area contributed by atoms with E-state index in [9.17, 15) is 0 Å². The molecule has 0 aliphatic heterocycles. The molecule has 1 aromatic carbocycles. The van der Waals surface area contributed by atoms with Gasteiger partial charge in [-0.15, -0.1) is 0 Å². The molecule has 0 aliphatic rings. The van der Waals surface area contributed by atoms with Crippen LogP contribution in [0.5, 0.6) is 0 Å². The summed E-state index contributed by atoms with van der Waals surface area (Å²) in [5.74, 6) is 0. The van der Waals surface area contributed by atoms with E-state index in [-0.39, 0.29) is 11.5 Å². The Kier molecular flexibility index (Phi) is 3.70. The van der Waals surface area contributed by atoms with Crippen LogP contribution in [-0.4, -0.2) is 6.61 Å². The highest BCUT2D eigenvalue weighted by atomic mass is 16.5. The molecule has 0 amide bonds. The van der Waals surface area contributed by atoms with E-state index in [0.29, 0.717) is 0 Å². The van der Waals surface area contributed by atoms with E-state index in [1.54, 1.807) is 0 Å². The SMILES string of the molecule is CC(OCC(C)(C)C)c1ccccc1. The second kappa shape index (κ2) is 4.61. The molecule has 0 heterocycles. The lowest BCUT2D eigenvalue weighted by molar-refractivity contribution is 0.0176. The molecule has 0 radical (unpaired) electrons. The Morgan fingerprint density at radius 3 is 2.21 bits per heavy atom. The van der Waals surface area contributed by atoms with Crippen LogP contribution < -0.4 is 0 Å². The molecule has 1 heteroatoms. The smallest absolute Gasteiger partial charge is 0.0797 e. The summed E-state index contributed by atoms with van der Waals surface area (Å²) >= 11 is 0. The van der Waals surface area contributed by atoms with Gasteiger partial charge in [0, 0.05) is 0 Å². The Morgan fingerprint density at radius 1 is 1.14 bits per heavy atom. The zero-order valence-corrected chi connectivity index (χ0v) is 9.58. The molecular weight excluding hydrogens is 172 g/mol. The van der Waals surface area contributed by atoms with Gasteiger partial charge in [-0.2, -0.15) is 0 Å². The van der Waals surface area contributed by atoms with Gasteiger partial charge < -0.3 is 4.74 Å². The Balaban J connectivity index is 2.48. The highest BCUT2D eigenvalue weighted by molar-refractivity contribution is 5.16. The van der Waals surface area contributed by atoms with Crippen LogP contribution >= 0.6 is 0 Å². The van der Waals surface area contributed by atoms with Gasteiger partial charge in [0.25, 0.3) is 0 Å². The van der Waals surface area contributed by atoms with Crippen molar-refractivity contribution in [2.45, 2.75) is 33.8 Å². The molecule has 78 valence electrons. The van der Waals surface area contributed by atoms with Crippen molar-refractivity contribution in [2.75, 3.05) is 6.61 Å². The van der Waals surface area contributed by atoms with Crippen LogP contribution in [0.25, 0.3) is 0 Å². The number of benzene rings is 1. The summed E-state index contributed by atoms with van der Waals surface area (Å²) in [7, 11) is 0. The van der Waals surface area contributed by atoms with Crippen molar-refractivity contribution in [2.24, 2.45) is 5.41 Å². The largest absolute Gasteiger partial charge is 0.373 e. The van der Waals surface area contributed by atoms with Crippen LogP contribution in [-0.2, 0) is 4.74 Å². The van der Waals surface area contributed by atoms with E-state index in [1.807, 2.05) is 18.2 Å². The van der Waals surface area contributed by atoms with Crippen LogP contribution in [0.1, 0.15) is 39.4 Å². The third-order valence-corrected chi connectivity index (χ3v) is 2.04. The Hall–Kier alpha value is -0.820. The summed E-state index contributed by atoms with van der Waals surface area (Å²) in [6.07, 6.45) is 0.190. The molecule has 1 aromatic rings. The first-order chi connectivity index (χ1) is 6.49. The fourth-order valence-electron chi connectivity index (χ4n) is 1.20. The van der Waals surface area contributed by atoms with E-state index < -0.39 is 0 Å². The molecule has 0 saturated heterocycles.